The topological polar surface area (TPSA) is 43.7 Å². The minimum Gasteiger partial charge on any atom is 2.00 e. The normalized spacial score (nSPS) is 1.67. The van der Waals surface area contributed by atoms with E-state index in [1.165, 1.54) is 6.92 Å². The van der Waals surface area contributed by atoms with Gasteiger partial charge < -0.3 is 0 Å². The third-order valence-corrected chi connectivity index (χ3v) is 0. The Morgan fingerprint density at radius 1 is 1.67 bits per heavy atom. The molecule has 6 heavy (non-hydrogen) atoms. The summed E-state index contributed by atoms with van der Waals surface area (Å²) in [6.45, 7) is 5.93. The van der Waals surface area contributed by atoms with E-state index in [-0.39, 0.29) is 19.8 Å². The molecule has 0 aliphatic carbocycles. The molecule has 0 atom stereocenters. The van der Waals surface area contributed by atoms with E-state index in [4.69, 9.17) is 9.91 Å². The average Bonchev–Trinajstić information content (AvgIpc) is 1.46. The van der Waals surface area contributed by atoms with E-state index in [9.17, 15) is 0 Å². The van der Waals surface area contributed by atoms with Gasteiger partial charge in [0, 0.05) is 6.92 Å². The first-order valence-corrected chi connectivity index (χ1v) is 0.928. The fourth-order valence-corrected chi connectivity index (χ4v) is 0. The van der Waals surface area contributed by atoms with Crippen LogP contribution in [-0.4, -0.2) is 0 Å². The average molecular weight is 259 g/mol. The Kier molecular flexibility index (Phi) is 273. The van der Waals surface area contributed by atoms with Gasteiger partial charge in [-0.1, -0.05) is 0 Å². The van der Waals surface area contributed by atoms with E-state index < -0.39 is 0 Å². The van der Waals surface area contributed by atoms with Crippen molar-refractivity contribution in [2.75, 3.05) is 0 Å². The molecule has 0 saturated heterocycles. The van der Waals surface area contributed by atoms with Gasteiger partial charge in [-0.2, -0.15) is 5.26 Å². The minimum absolute atomic E-state index is 0. The van der Waals surface area contributed by atoms with Crippen molar-refractivity contribution in [2.45, 2.75) is 6.92 Å². The molecule has 0 spiro atoms. The molecular weight excluding hydrogens is 256 g/mol. The van der Waals surface area contributed by atoms with Gasteiger partial charge in [0.05, 0.1) is 6.07 Å². The van der Waals surface area contributed by atoms with Gasteiger partial charge in [-0.3, -0.25) is 0 Å². The van der Waals surface area contributed by atoms with Gasteiger partial charge in [-0.25, -0.2) is 0 Å². The van der Waals surface area contributed by atoms with Crippen LogP contribution in [0.15, 0.2) is 0 Å². The molecule has 0 rings (SSSR count). The third kappa shape index (κ3) is 1780. The standard InChI is InChI=1S/C2H3N.CO.Os/c1-2-3;1-2;/h1H3;;/q;;+2. The summed E-state index contributed by atoms with van der Waals surface area (Å²) in [5.41, 5.74) is 0. The number of hydrogen-bond donors (Lipinski definition) is 0. The smallest absolute Gasteiger partial charge is 2.00 e. The van der Waals surface area contributed by atoms with Crippen LogP contribution >= 0.6 is 0 Å². The molecule has 3 heteroatoms. The van der Waals surface area contributed by atoms with E-state index in [2.05, 4.69) is 6.65 Å². The van der Waals surface area contributed by atoms with Crippen LogP contribution < -0.4 is 0 Å². The van der Waals surface area contributed by atoms with Crippen LogP contribution in [0.2, 0.25) is 0 Å². The van der Waals surface area contributed by atoms with Crippen molar-refractivity contribution >= 4 is 0 Å². The Bertz CT molecular complexity index is 53.5. The fraction of sp³-hybridized carbons (Fsp3) is 0.333. The summed E-state index contributed by atoms with van der Waals surface area (Å²) < 4.78 is 7.50. The Balaban J connectivity index is -0.0000000275. The minimum atomic E-state index is 0. The predicted molar refractivity (Wildman–Crippen MR) is 15.2 cm³/mol. The van der Waals surface area contributed by atoms with Gasteiger partial charge in [0.25, 0.3) is 0 Å². The second-order valence-electron chi connectivity index (χ2n) is 0.224. The van der Waals surface area contributed by atoms with Crippen LogP contribution in [0.3, 0.4) is 0 Å². The summed E-state index contributed by atoms with van der Waals surface area (Å²) in [6, 6.07) is 1.75. The molecular formula is C3H3NOOs+2. The molecule has 0 radical (unpaired) electrons. The van der Waals surface area contributed by atoms with Crippen LogP contribution in [0.4, 0.5) is 0 Å². The molecule has 0 aromatic rings. The molecule has 2 nitrogen and oxygen atoms in total. The van der Waals surface area contributed by atoms with E-state index >= 15 is 0 Å². The second kappa shape index (κ2) is 96.9. The van der Waals surface area contributed by atoms with E-state index in [0.717, 1.165) is 0 Å². The van der Waals surface area contributed by atoms with Gasteiger partial charge in [0.1, 0.15) is 0 Å². The molecule has 0 amide bonds. The number of nitriles is 1. The molecule has 0 bridgehead atoms. The van der Waals surface area contributed by atoms with Gasteiger partial charge >= 0.3 is 31.1 Å². The first kappa shape index (κ1) is 16.9. The van der Waals surface area contributed by atoms with Gasteiger partial charge in [-0.05, 0) is 0 Å². The van der Waals surface area contributed by atoms with Crippen LogP contribution in [0, 0.1) is 18.0 Å². The molecule has 0 fully saturated rings. The molecule has 0 aliphatic heterocycles. The van der Waals surface area contributed by atoms with Crippen LogP contribution in [0.5, 0.6) is 0 Å². The van der Waals surface area contributed by atoms with Crippen LogP contribution in [0.25, 0.3) is 0 Å². The number of hydrogen-bond acceptors (Lipinski definition) is 1. The zero-order chi connectivity index (χ0) is 4.71. The van der Waals surface area contributed by atoms with E-state index in [1.54, 1.807) is 6.07 Å². The number of nitrogens with zero attached hydrogens (tertiary/aromatic N) is 1. The largest absolute Gasteiger partial charge is 2.00 e. The summed E-state index contributed by atoms with van der Waals surface area (Å²) in [5, 5.41) is 7.32. The zero-order valence-electron chi connectivity index (χ0n) is 3.21. The number of rotatable bonds is 0. The summed E-state index contributed by atoms with van der Waals surface area (Å²) in [4.78, 5) is 0. The molecule has 32 valence electrons. The SMILES string of the molecule is CC#N.[C-]#[O+].[Os+2]. The Labute approximate surface area is 49.9 Å². The molecule has 0 heterocycles. The molecule has 0 N–H and O–H groups in total. The van der Waals surface area contributed by atoms with Crippen LogP contribution in [-0.2, 0) is 24.4 Å². The Morgan fingerprint density at radius 3 is 1.67 bits per heavy atom. The van der Waals surface area contributed by atoms with Crippen molar-refractivity contribution in [3.63, 3.8) is 0 Å². The van der Waals surface area contributed by atoms with Crippen molar-refractivity contribution in [3.05, 3.63) is 6.65 Å². The molecule has 0 saturated carbocycles. The second-order valence-corrected chi connectivity index (χ2v) is 0.224. The van der Waals surface area contributed by atoms with Crippen molar-refractivity contribution in [2.24, 2.45) is 0 Å². The van der Waals surface area contributed by atoms with Crippen molar-refractivity contribution in [3.8, 4) is 6.07 Å². The predicted octanol–water partition coefficient (Wildman–Crippen LogP) is 0.490. The molecule has 0 unspecified atom stereocenters. The van der Waals surface area contributed by atoms with Crippen molar-refractivity contribution in [1.82, 2.24) is 0 Å². The Morgan fingerprint density at radius 2 is 1.67 bits per heavy atom. The third-order valence-electron chi connectivity index (χ3n) is 0. The zero-order valence-corrected chi connectivity index (χ0v) is 5.75. The first-order valence-electron chi connectivity index (χ1n) is 0.928. The van der Waals surface area contributed by atoms with E-state index in [0.29, 0.717) is 0 Å². The summed E-state index contributed by atoms with van der Waals surface area (Å²) >= 11 is 0. The Hall–Kier alpha value is -0.134. The molecule has 0 aromatic carbocycles. The monoisotopic (exact) mass is 261 g/mol. The summed E-state index contributed by atoms with van der Waals surface area (Å²) in [5.74, 6) is 0. The summed E-state index contributed by atoms with van der Waals surface area (Å²) in [7, 11) is 0. The van der Waals surface area contributed by atoms with Crippen molar-refractivity contribution < 1.29 is 24.4 Å². The first-order chi connectivity index (χ1) is 2.41. The fourth-order valence-electron chi connectivity index (χ4n) is 0. The van der Waals surface area contributed by atoms with E-state index in [1.807, 2.05) is 0 Å². The van der Waals surface area contributed by atoms with Gasteiger partial charge in [0.2, 0.25) is 0 Å². The summed E-state index contributed by atoms with van der Waals surface area (Å²) in [6.07, 6.45) is 0. The quantitative estimate of drug-likeness (QED) is 0.461. The maximum Gasteiger partial charge on any atom is 2.00 e. The molecule has 0 aliphatic rings. The van der Waals surface area contributed by atoms with Gasteiger partial charge in [-0.15, -0.1) is 0 Å². The van der Waals surface area contributed by atoms with Gasteiger partial charge in [0.15, 0.2) is 0 Å². The van der Waals surface area contributed by atoms with Crippen molar-refractivity contribution in [1.29, 1.82) is 5.26 Å². The maximum atomic E-state index is 7.50. The maximum absolute atomic E-state index is 7.50. The van der Waals surface area contributed by atoms with Crippen LogP contribution in [0.1, 0.15) is 6.92 Å². The molecule has 0 aromatic heterocycles.